The first-order valence-electron chi connectivity index (χ1n) is 6.15. The summed E-state index contributed by atoms with van der Waals surface area (Å²) in [6, 6.07) is 11.4. The van der Waals surface area contributed by atoms with E-state index < -0.39 is 0 Å². The highest BCUT2D eigenvalue weighted by Crippen LogP contribution is 2.32. The molecule has 0 fully saturated rings. The van der Waals surface area contributed by atoms with Crippen molar-refractivity contribution in [1.29, 1.82) is 5.26 Å². The second-order valence-electron chi connectivity index (χ2n) is 4.65. The van der Waals surface area contributed by atoms with E-state index in [2.05, 4.69) is 37.9 Å². The number of nitrogens with zero attached hydrogens (tertiary/aromatic N) is 2. The zero-order valence-corrected chi connectivity index (χ0v) is 15.3. The lowest BCUT2D eigenvalue weighted by Gasteiger charge is -2.15. The fourth-order valence-electron chi connectivity index (χ4n) is 1.97. The maximum Gasteiger partial charge on any atom is 0.178 e. The lowest BCUT2D eigenvalue weighted by molar-refractivity contribution is 0.0943. The quantitative estimate of drug-likeness (QED) is 0.661. The molecule has 0 unspecified atom stereocenters. The maximum atomic E-state index is 12.3. The molecular weight excluding hydrogens is 416 g/mol. The van der Waals surface area contributed by atoms with Crippen molar-refractivity contribution in [3.05, 3.63) is 54.6 Å². The monoisotopic (exact) mass is 426 g/mol. The lowest BCUT2D eigenvalue weighted by atomic mass is 10.1. The van der Waals surface area contributed by atoms with Crippen LogP contribution in [0.3, 0.4) is 0 Å². The molecule has 2 aromatic rings. The molecule has 0 spiro atoms. The molecule has 0 amide bonds. The predicted molar refractivity (Wildman–Crippen MR) is 91.5 cm³/mol. The molecule has 0 aliphatic heterocycles. The van der Waals surface area contributed by atoms with E-state index in [4.69, 9.17) is 5.26 Å². The molecule has 0 radical (unpaired) electrons. The molecule has 1 aromatic carbocycles. The molecular formula is C15H12Br2N2OS. The van der Waals surface area contributed by atoms with Crippen LogP contribution in [0, 0.1) is 11.3 Å². The van der Waals surface area contributed by atoms with Gasteiger partial charge in [0.2, 0.25) is 0 Å². The van der Waals surface area contributed by atoms with Crippen LogP contribution in [0.15, 0.2) is 37.9 Å². The molecule has 2 rings (SSSR count). The first-order valence-corrected chi connectivity index (χ1v) is 8.55. The Labute approximate surface area is 144 Å². The third kappa shape index (κ3) is 4.48. The van der Waals surface area contributed by atoms with Gasteiger partial charge in [0.05, 0.1) is 25.8 Å². The summed E-state index contributed by atoms with van der Waals surface area (Å²) < 4.78 is 1.78. The molecule has 0 N–H and O–H groups in total. The van der Waals surface area contributed by atoms with Gasteiger partial charge >= 0.3 is 0 Å². The van der Waals surface area contributed by atoms with Crippen molar-refractivity contribution in [2.24, 2.45) is 0 Å². The number of halogens is 2. The number of hydrogen-bond acceptors (Lipinski definition) is 4. The van der Waals surface area contributed by atoms with Crippen LogP contribution in [0.25, 0.3) is 0 Å². The van der Waals surface area contributed by atoms with Gasteiger partial charge in [-0.05, 0) is 62.7 Å². The fraction of sp³-hybridized carbons (Fsp3) is 0.200. The van der Waals surface area contributed by atoms with Gasteiger partial charge in [-0.15, -0.1) is 11.3 Å². The van der Waals surface area contributed by atoms with E-state index in [1.807, 2.05) is 36.2 Å². The molecule has 0 saturated heterocycles. The number of hydrogen-bond donors (Lipinski definition) is 0. The van der Waals surface area contributed by atoms with Crippen LogP contribution in [0.2, 0.25) is 0 Å². The van der Waals surface area contributed by atoms with Crippen LogP contribution in [-0.4, -0.2) is 24.3 Å². The van der Waals surface area contributed by atoms with Gasteiger partial charge in [0.25, 0.3) is 0 Å². The molecule has 1 heterocycles. The van der Waals surface area contributed by atoms with E-state index in [9.17, 15) is 4.79 Å². The lowest BCUT2D eigenvalue weighted by Crippen LogP contribution is -2.25. The van der Waals surface area contributed by atoms with Gasteiger partial charge in [0.1, 0.15) is 0 Å². The molecule has 6 heteroatoms. The summed E-state index contributed by atoms with van der Waals surface area (Å²) in [7, 11) is 1.90. The second-order valence-corrected chi connectivity index (χ2v) is 8.39. The highest BCUT2D eigenvalue weighted by Gasteiger charge is 2.15. The van der Waals surface area contributed by atoms with Gasteiger partial charge in [-0.1, -0.05) is 12.1 Å². The number of thiophene rings is 1. The first kappa shape index (κ1) is 16.4. The van der Waals surface area contributed by atoms with Crippen molar-refractivity contribution in [2.45, 2.75) is 6.54 Å². The Morgan fingerprint density at radius 3 is 2.76 bits per heavy atom. The van der Waals surface area contributed by atoms with Crippen LogP contribution in [0.1, 0.15) is 21.5 Å². The van der Waals surface area contributed by atoms with E-state index in [1.54, 1.807) is 6.07 Å². The Hall–Kier alpha value is -1.00. The Morgan fingerprint density at radius 1 is 1.38 bits per heavy atom. The Bertz CT molecular complexity index is 706. The zero-order valence-electron chi connectivity index (χ0n) is 11.3. The van der Waals surface area contributed by atoms with E-state index in [-0.39, 0.29) is 5.78 Å². The summed E-state index contributed by atoms with van der Waals surface area (Å²) in [5, 5.41) is 8.90. The largest absolute Gasteiger partial charge is 0.295 e. The summed E-state index contributed by atoms with van der Waals surface area (Å²) in [6.45, 7) is 0.961. The predicted octanol–water partition coefficient (Wildman–Crippen LogP) is 4.46. The number of likely N-dealkylation sites (N-methyl/N-ethyl adjacent to an activating group) is 1. The summed E-state index contributed by atoms with van der Waals surface area (Å²) >= 11 is 8.28. The van der Waals surface area contributed by atoms with Gasteiger partial charge < -0.3 is 0 Å². The van der Waals surface area contributed by atoms with Crippen molar-refractivity contribution in [3.8, 4) is 6.07 Å². The van der Waals surface area contributed by atoms with Crippen molar-refractivity contribution in [1.82, 2.24) is 4.90 Å². The highest BCUT2D eigenvalue weighted by atomic mass is 79.9. The third-order valence-electron chi connectivity index (χ3n) is 2.88. The molecule has 0 aliphatic rings. The number of carbonyl (C=O) groups is 1. The van der Waals surface area contributed by atoms with Crippen LogP contribution < -0.4 is 0 Å². The third-order valence-corrected chi connectivity index (χ3v) is 5.22. The second kappa shape index (κ2) is 7.32. The number of Topliss-reactive ketones (excluding diaryl/α,β-unsaturated/α-hetero) is 1. The van der Waals surface area contributed by atoms with E-state index >= 15 is 0 Å². The number of rotatable bonds is 5. The summed E-state index contributed by atoms with van der Waals surface area (Å²) in [5.74, 6) is 0.0720. The van der Waals surface area contributed by atoms with Gasteiger partial charge in [-0.2, -0.15) is 5.26 Å². The van der Waals surface area contributed by atoms with Crippen molar-refractivity contribution < 1.29 is 4.79 Å². The van der Waals surface area contributed by atoms with E-state index in [0.29, 0.717) is 24.2 Å². The van der Waals surface area contributed by atoms with Crippen LogP contribution in [-0.2, 0) is 6.54 Å². The average molecular weight is 428 g/mol. The van der Waals surface area contributed by atoms with Crippen LogP contribution in [0.5, 0.6) is 0 Å². The van der Waals surface area contributed by atoms with Gasteiger partial charge in [0, 0.05) is 12.1 Å². The first-order chi connectivity index (χ1) is 9.99. The van der Waals surface area contributed by atoms with Crippen molar-refractivity contribution >= 4 is 49.0 Å². The van der Waals surface area contributed by atoms with Gasteiger partial charge in [-0.25, -0.2) is 0 Å². The van der Waals surface area contributed by atoms with Crippen molar-refractivity contribution in [2.75, 3.05) is 13.6 Å². The Kier molecular flexibility index (Phi) is 5.71. The topological polar surface area (TPSA) is 44.1 Å². The average Bonchev–Trinajstić information content (AvgIpc) is 2.77. The van der Waals surface area contributed by atoms with Gasteiger partial charge in [0.15, 0.2) is 5.78 Å². The van der Waals surface area contributed by atoms with Crippen LogP contribution >= 0.6 is 43.2 Å². The molecule has 0 atom stereocenters. The Balaban J connectivity index is 2.01. The molecule has 108 valence electrons. The molecule has 0 saturated carbocycles. The summed E-state index contributed by atoms with van der Waals surface area (Å²) in [4.78, 5) is 14.2. The molecule has 1 aromatic heterocycles. The van der Waals surface area contributed by atoms with E-state index in [0.717, 1.165) is 13.1 Å². The minimum Gasteiger partial charge on any atom is -0.295 e. The smallest absolute Gasteiger partial charge is 0.178 e. The van der Waals surface area contributed by atoms with Crippen molar-refractivity contribution in [3.63, 3.8) is 0 Å². The minimum absolute atomic E-state index is 0.0720. The summed E-state index contributed by atoms with van der Waals surface area (Å²) in [6.07, 6.45) is 0. The molecule has 21 heavy (non-hydrogen) atoms. The normalized spacial score (nSPS) is 10.6. The molecule has 0 bridgehead atoms. The Morgan fingerprint density at radius 2 is 2.14 bits per heavy atom. The number of ketones is 1. The summed E-state index contributed by atoms with van der Waals surface area (Å²) in [5.41, 5.74) is 2.36. The van der Waals surface area contributed by atoms with Crippen LogP contribution in [0.4, 0.5) is 0 Å². The number of carbonyl (C=O) groups excluding carboxylic acids is 1. The zero-order chi connectivity index (χ0) is 15.4. The van der Waals surface area contributed by atoms with E-state index in [1.165, 1.54) is 11.3 Å². The SMILES string of the molecule is CN(CC(=O)c1cc(Br)sc1Br)Cc1cccc(C#N)c1. The minimum atomic E-state index is 0.0720. The highest BCUT2D eigenvalue weighted by molar-refractivity contribution is 9.12. The number of nitriles is 1. The maximum absolute atomic E-state index is 12.3. The van der Waals surface area contributed by atoms with Gasteiger partial charge in [-0.3, -0.25) is 9.69 Å². The molecule has 0 aliphatic carbocycles. The molecule has 3 nitrogen and oxygen atoms in total. The standard InChI is InChI=1S/C15H12Br2N2OS/c1-19(8-11-4-2-3-10(5-11)7-18)9-13(20)12-6-14(16)21-15(12)17/h2-6H,8-9H2,1H3. The number of benzene rings is 1. The fourth-order valence-corrected chi connectivity index (χ4v) is 4.82.